The second-order valence-corrected chi connectivity index (χ2v) is 4.73. The Morgan fingerprint density at radius 1 is 1.50 bits per heavy atom. The van der Waals surface area contributed by atoms with Gasteiger partial charge in [-0.15, -0.1) is 0 Å². The van der Waals surface area contributed by atoms with Gasteiger partial charge >= 0.3 is 0 Å². The number of nitrogens with one attached hydrogen (secondary N) is 1. The van der Waals surface area contributed by atoms with Gasteiger partial charge in [0.25, 0.3) is 0 Å². The minimum atomic E-state index is 0.00223. The zero-order chi connectivity index (χ0) is 12.8. The smallest absolute Gasteiger partial charge is 0.240 e. The molecule has 0 aromatic carbocycles. The fraction of sp³-hybridized carbons (Fsp3) is 0.571. The molecule has 0 aliphatic carbocycles. The molecular formula is C14H21N3O. The Hall–Kier alpha value is -1.42. The molecule has 0 spiro atoms. The first-order valence-electron chi connectivity index (χ1n) is 6.73. The van der Waals surface area contributed by atoms with Crippen LogP contribution in [-0.2, 0) is 11.3 Å². The molecule has 1 aromatic rings. The highest BCUT2D eigenvalue weighted by Crippen LogP contribution is 2.14. The number of pyridine rings is 1. The Labute approximate surface area is 108 Å². The lowest BCUT2D eigenvalue weighted by Gasteiger charge is -2.32. The lowest BCUT2D eigenvalue weighted by molar-refractivity contribution is -0.136. The molecule has 18 heavy (non-hydrogen) atoms. The van der Waals surface area contributed by atoms with Crippen molar-refractivity contribution in [2.24, 2.45) is 0 Å². The van der Waals surface area contributed by atoms with Gasteiger partial charge in [-0.2, -0.15) is 0 Å². The van der Waals surface area contributed by atoms with Crippen LogP contribution in [0.5, 0.6) is 0 Å². The van der Waals surface area contributed by atoms with Gasteiger partial charge in [0.05, 0.1) is 18.3 Å². The van der Waals surface area contributed by atoms with E-state index in [1.165, 1.54) is 0 Å². The van der Waals surface area contributed by atoms with Crippen molar-refractivity contribution in [3.63, 3.8) is 0 Å². The summed E-state index contributed by atoms with van der Waals surface area (Å²) >= 11 is 0. The third-order valence-electron chi connectivity index (χ3n) is 3.25. The second-order valence-electron chi connectivity index (χ2n) is 4.73. The molecule has 0 bridgehead atoms. The number of piperidine rings is 1. The monoisotopic (exact) mass is 247 g/mol. The Bertz CT molecular complexity index is 380. The molecule has 4 nitrogen and oxygen atoms in total. The van der Waals surface area contributed by atoms with E-state index >= 15 is 0 Å². The van der Waals surface area contributed by atoms with E-state index in [4.69, 9.17) is 0 Å². The Kier molecular flexibility index (Phi) is 4.70. The summed E-state index contributed by atoms with van der Waals surface area (Å²) in [6, 6.07) is 5.83. The highest BCUT2D eigenvalue weighted by Gasteiger charge is 2.27. The van der Waals surface area contributed by atoms with E-state index in [0.717, 1.165) is 38.0 Å². The summed E-state index contributed by atoms with van der Waals surface area (Å²) in [4.78, 5) is 18.5. The van der Waals surface area contributed by atoms with Crippen molar-refractivity contribution in [3.8, 4) is 0 Å². The van der Waals surface area contributed by atoms with Gasteiger partial charge in [0, 0.05) is 12.7 Å². The Balaban J connectivity index is 1.94. The molecule has 1 fully saturated rings. The van der Waals surface area contributed by atoms with Crippen molar-refractivity contribution in [3.05, 3.63) is 30.1 Å². The predicted molar refractivity (Wildman–Crippen MR) is 71.0 cm³/mol. The number of amides is 1. The number of aromatic nitrogens is 1. The molecule has 0 saturated carbocycles. The summed E-state index contributed by atoms with van der Waals surface area (Å²) in [6.07, 6.45) is 4.86. The Morgan fingerprint density at radius 3 is 3.11 bits per heavy atom. The molecule has 1 aliphatic heterocycles. The van der Waals surface area contributed by atoms with Gasteiger partial charge in [-0.25, -0.2) is 0 Å². The molecule has 1 saturated heterocycles. The van der Waals surface area contributed by atoms with Crippen molar-refractivity contribution in [1.29, 1.82) is 0 Å². The normalized spacial score (nSPS) is 20.2. The average molecular weight is 247 g/mol. The molecule has 1 unspecified atom stereocenters. The fourth-order valence-corrected chi connectivity index (χ4v) is 2.29. The minimum Gasteiger partial charge on any atom is -0.335 e. The molecule has 1 amide bonds. The highest BCUT2D eigenvalue weighted by molar-refractivity contribution is 5.82. The third kappa shape index (κ3) is 3.29. The van der Waals surface area contributed by atoms with Crippen LogP contribution in [0.2, 0.25) is 0 Å². The summed E-state index contributed by atoms with van der Waals surface area (Å²) in [5.74, 6) is 0.223. The van der Waals surface area contributed by atoms with Crippen molar-refractivity contribution < 1.29 is 4.79 Å². The first kappa shape index (κ1) is 13.0. The van der Waals surface area contributed by atoms with E-state index in [9.17, 15) is 4.79 Å². The van der Waals surface area contributed by atoms with Crippen LogP contribution < -0.4 is 5.32 Å². The fourth-order valence-electron chi connectivity index (χ4n) is 2.29. The molecule has 98 valence electrons. The first-order chi connectivity index (χ1) is 8.81. The van der Waals surface area contributed by atoms with Gasteiger partial charge in [-0.1, -0.05) is 13.0 Å². The molecule has 1 atom stereocenters. The molecule has 1 aliphatic rings. The molecule has 0 radical (unpaired) electrons. The summed E-state index contributed by atoms with van der Waals surface area (Å²) in [7, 11) is 0. The van der Waals surface area contributed by atoms with Gasteiger partial charge < -0.3 is 10.2 Å². The summed E-state index contributed by atoms with van der Waals surface area (Å²) in [5.41, 5.74) is 0.960. The van der Waals surface area contributed by atoms with Crippen molar-refractivity contribution in [2.75, 3.05) is 13.1 Å². The van der Waals surface area contributed by atoms with Crippen molar-refractivity contribution in [1.82, 2.24) is 15.2 Å². The molecule has 2 rings (SSSR count). The van der Waals surface area contributed by atoms with Crippen LogP contribution in [-0.4, -0.2) is 34.9 Å². The molecule has 1 N–H and O–H groups in total. The summed E-state index contributed by atoms with van der Waals surface area (Å²) < 4.78 is 0. The lowest BCUT2D eigenvalue weighted by atomic mass is 10.0. The largest absolute Gasteiger partial charge is 0.335 e. The molecule has 4 heteroatoms. The van der Waals surface area contributed by atoms with Crippen LogP contribution >= 0.6 is 0 Å². The maximum atomic E-state index is 12.3. The summed E-state index contributed by atoms with van der Waals surface area (Å²) in [5, 5.41) is 3.33. The quantitative estimate of drug-likeness (QED) is 0.859. The summed E-state index contributed by atoms with van der Waals surface area (Å²) in [6.45, 7) is 4.50. The van der Waals surface area contributed by atoms with Gasteiger partial charge in [0.2, 0.25) is 5.91 Å². The Morgan fingerprint density at radius 2 is 2.39 bits per heavy atom. The maximum absolute atomic E-state index is 12.3. The minimum absolute atomic E-state index is 0.00223. The zero-order valence-corrected chi connectivity index (χ0v) is 10.9. The van der Waals surface area contributed by atoms with E-state index in [0.29, 0.717) is 6.54 Å². The average Bonchev–Trinajstić information content (AvgIpc) is 2.41. The van der Waals surface area contributed by atoms with E-state index in [1.807, 2.05) is 23.1 Å². The van der Waals surface area contributed by atoms with Crippen LogP contribution in [0.15, 0.2) is 24.4 Å². The molecule has 1 aromatic heterocycles. The SMILES string of the molecule is CCCNC1CCCN(Cc2ccccn2)C1=O. The zero-order valence-electron chi connectivity index (χ0n) is 10.9. The van der Waals surface area contributed by atoms with Crippen LogP contribution in [0.25, 0.3) is 0 Å². The van der Waals surface area contributed by atoms with E-state index < -0.39 is 0 Å². The molecule has 2 heterocycles. The highest BCUT2D eigenvalue weighted by atomic mass is 16.2. The lowest BCUT2D eigenvalue weighted by Crippen LogP contribution is -2.50. The second kappa shape index (κ2) is 6.50. The van der Waals surface area contributed by atoms with Gasteiger partial charge in [0.15, 0.2) is 0 Å². The van der Waals surface area contributed by atoms with Crippen LogP contribution in [0.3, 0.4) is 0 Å². The third-order valence-corrected chi connectivity index (χ3v) is 3.25. The van der Waals surface area contributed by atoms with Gasteiger partial charge in [-0.05, 0) is 37.9 Å². The number of likely N-dealkylation sites (tertiary alicyclic amines) is 1. The van der Waals surface area contributed by atoms with Gasteiger partial charge in [0.1, 0.15) is 0 Å². The van der Waals surface area contributed by atoms with E-state index in [2.05, 4.69) is 17.2 Å². The van der Waals surface area contributed by atoms with Gasteiger partial charge in [-0.3, -0.25) is 9.78 Å². The van der Waals surface area contributed by atoms with Crippen molar-refractivity contribution in [2.45, 2.75) is 38.8 Å². The van der Waals surface area contributed by atoms with Crippen LogP contribution in [0.4, 0.5) is 0 Å². The first-order valence-corrected chi connectivity index (χ1v) is 6.73. The standard InChI is InChI=1S/C14H21N3O/c1-2-8-16-13-7-5-10-17(14(13)18)11-12-6-3-4-9-15-12/h3-4,6,9,13,16H,2,5,7-8,10-11H2,1H3. The topological polar surface area (TPSA) is 45.2 Å². The number of carbonyl (C=O) groups is 1. The maximum Gasteiger partial charge on any atom is 0.240 e. The number of carbonyl (C=O) groups excluding carboxylic acids is 1. The number of rotatable bonds is 5. The van der Waals surface area contributed by atoms with E-state index in [1.54, 1.807) is 6.20 Å². The number of nitrogens with zero attached hydrogens (tertiary/aromatic N) is 2. The van der Waals surface area contributed by atoms with Crippen LogP contribution in [0.1, 0.15) is 31.9 Å². The number of hydrogen-bond donors (Lipinski definition) is 1. The predicted octanol–water partition coefficient (Wildman–Crippen LogP) is 1.57. The number of hydrogen-bond acceptors (Lipinski definition) is 3. The van der Waals surface area contributed by atoms with Crippen LogP contribution in [0, 0.1) is 0 Å². The van der Waals surface area contributed by atoms with Crippen molar-refractivity contribution >= 4 is 5.91 Å². The van der Waals surface area contributed by atoms with E-state index in [-0.39, 0.29) is 11.9 Å². The molecular weight excluding hydrogens is 226 g/mol.